The van der Waals surface area contributed by atoms with E-state index in [9.17, 15) is 23.4 Å². The van der Waals surface area contributed by atoms with Crippen molar-refractivity contribution in [3.63, 3.8) is 0 Å². The quantitative estimate of drug-likeness (QED) is 0.336. The number of unbranched alkanes of at least 4 members (excludes halogenated alkanes) is 1. The molecule has 0 fully saturated rings. The van der Waals surface area contributed by atoms with Crippen LogP contribution in [-0.2, 0) is 16.4 Å². The molecule has 2 aromatic heterocycles. The molecule has 12 heteroatoms. The molecule has 0 aliphatic carbocycles. The van der Waals surface area contributed by atoms with Gasteiger partial charge in [0.15, 0.2) is 5.13 Å². The summed E-state index contributed by atoms with van der Waals surface area (Å²) in [5, 5.41) is 33.7. The van der Waals surface area contributed by atoms with Crippen LogP contribution < -0.4 is 10.0 Å². The van der Waals surface area contributed by atoms with Crippen LogP contribution in [0.25, 0.3) is 0 Å². The van der Waals surface area contributed by atoms with Gasteiger partial charge in [-0.05, 0) is 43.4 Å². The zero-order valence-electron chi connectivity index (χ0n) is 16.9. The molecule has 0 aliphatic rings. The second kappa shape index (κ2) is 11.7. The Hall–Kier alpha value is -2.59. The van der Waals surface area contributed by atoms with Gasteiger partial charge in [0.1, 0.15) is 11.8 Å². The Balaban J connectivity index is 2.09. The van der Waals surface area contributed by atoms with Crippen molar-refractivity contribution in [3.8, 4) is 6.07 Å². The van der Waals surface area contributed by atoms with E-state index in [1.807, 2.05) is 18.2 Å². The highest BCUT2D eigenvalue weighted by Gasteiger charge is 2.28. The first-order valence-corrected chi connectivity index (χ1v) is 12.3. The van der Waals surface area contributed by atoms with Crippen molar-refractivity contribution >= 4 is 32.4 Å². The van der Waals surface area contributed by atoms with Crippen molar-refractivity contribution in [1.82, 2.24) is 15.3 Å². The van der Waals surface area contributed by atoms with E-state index in [-0.39, 0.29) is 23.7 Å². The highest BCUT2D eigenvalue weighted by Crippen LogP contribution is 2.18. The number of nitrogens with one attached hydrogen (secondary N) is 2. The van der Waals surface area contributed by atoms with Crippen LogP contribution in [0.5, 0.6) is 0 Å². The molecular weight excluding hydrogens is 442 g/mol. The molecule has 168 valence electrons. The summed E-state index contributed by atoms with van der Waals surface area (Å²) >= 11 is 0.959. The summed E-state index contributed by atoms with van der Waals surface area (Å²) in [6.45, 7) is 0. The van der Waals surface area contributed by atoms with Gasteiger partial charge in [0.2, 0.25) is 10.0 Å². The summed E-state index contributed by atoms with van der Waals surface area (Å²) in [4.78, 5) is 20.6. The van der Waals surface area contributed by atoms with Gasteiger partial charge in [0, 0.05) is 24.2 Å². The fourth-order valence-corrected chi connectivity index (χ4v) is 4.40. The number of carbonyl (C=O) groups excluding carboxylic acids is 1. The molecule has 0 saturated carbocycles. The average molecular weight is 468 g/mol. The summed E-state index contributed by atoms with van der Waals surface area (Å²) in [6, 6.07) is 4.83. The van der Waals surface area contributed by atoms with Crippen LogP contribution in [0, 0.1) is 11.3 Å². The number of amides is 1. The fourth-order valence-electron chi connectivity index (χ4n) is 2.85. The Morgan fingerprint density at radius 2 is 2.00 bits per heavy atom. The molecule has 2 rings (SSSR count). The number of anilines is 1. The molecule has 3 unspecified atom stereocenters. The van der Waals surface area contributed by atoms with Gasteiger partial charge in [-0.15, -0.1) is 11.3 Å². The topological polar surface area (TPSA) is 165 Å². The first-order valence-electron chi connectivity index (χ1n) is 9.55. The van der Waals surface area contributed by atoms with Gasteiger partial charge in [0.25, 0.3) is 5.91 Å². The van der Waals surface area contributed by atoms with E-state index in [1.165, 1.54) is 5.38 Å². The number of sulfonamides is 1. The monoisotopic (exact) mass is 467 g/mol. The van der Waals surface area contributed by atoms with Crippen LogP contribution in [0.2, 0.25) is 0 Å². The van der Waals surface area contributed by atoms with E-state index >= 15 is 0 Å². The highest BCUT2D eigenvalue weighted by atomic mass is 32.2. The van der Waals surface area contributed by atoms with Gasteiger partial charge in [-0.1, -0.05) is 0 Å². The third-order valence-corrected chi connectivity index (χ3v) is 5.87. The Bertz CT molecular complexity index is 991. The summed E-state index contributed by atoms with van der Waals surface area (Å²) in [5.41, 5.74) is 0.949. The van der Waals surface area contributed by atoms with Crippen molar-refractivity contribution in [1.29, 1.82) is 5.26 Å². The minimum Gasteiger partial charge on any atom is -0.390 e. The lowest BCUT2D eigenvalue weighted by Crippen LogP contribution is -2.49. The molecule has 0 saturated heterocycles. The second-order valence-corrected chi connectivity index (χ2v) is 9.60. The Kier molecular flexibility index (Phi) is 9.32. The largest absolute Gasteiger partial charge is 0.390 e. The maximum absolute atomic E-state index is 12.6. The number of nitrogens with zero attached hydrogens (tertiary/aromatic N) is 3. The number of hydrogen-bond donors (Lipinski definition) is 4. The van der Waals surface area contributed by atoms with Crippen LogP contribution in [-0.4, -0.2) is 59.0 Å². The number of thiazole rings is 1. The minimum atomic E-state index is -3.52. The minimum absolute atomic E-state index is 0.00349. The van der Waals surface area contributed by atoms with E-state index in [0.29, 0.717) is 19.3 Å². The number of carbonyl (C=O) groups is 1. The number of aliphatic hydroxyl groups excluding tert-OH is 2. The summed E-state index contributed by atoms with van der Waals surface area (Å²) in [5.74, 6) is -0.596. The van der Waals surface area contributed by atoms with Crippen LogP contribution >= 0.6 is 11.3 Å². The van der Waals surface area contributed by atoms with Gasteiger partial charge < -0.3 is 15.5 Å². The molecule has 3 atom stereocenters. The molecule has 10 nitrogen and oxygen atoms in total. The predicted octanol–water partition coefficient (Wildman–Crippen LogP) is 1.06. The van der Waals surface area contributed by atoms with Crippen LogP contribution in [0.15, 0.2) is 29.9 Å². The molecular formula is C19H25N5O5S2. The van der Waals surface area contributed by atoms with E-state index in [4.69, 9.17) is 5.26 Å². The second-order valence-electron chi connectivity index (χ2n) is 6.99. The standard InChI is InChI=1S/C19H25N5O5S2/c1-31(28,29)24-19-23-15(12-30-19)18(27)22-14(6-5-13-7-10-21-11-8-13)17(26)16(25)4-2-3-9-20/h7-8,10-12,14,16-17,25-26H,2-6H2,1H3,(H,22,27)(H,23,24). The summed E-state index contributed by atoms with van der Waals surface area (Å²) < 4.78 is 24.8. The molecule has 31 heavy (non-hydrogen) atoms. The molecule has 0 radical (unpaired) electrons. The molecule has 0 spiro atoms. The Morgan fingerprint density at radius 3 is 2.65 bits per heavy atom. The number of hydrogen-bond acceptors (Lipinski definition) is 9. The van der Waals surface area contributed by atoms with Gasteiger partial charge in [-0.3, -0.25) is 14.5 Å². The molecule has 0 aromatic carbocycles. The third-order valence-electron chi connectivity index (χ3n) is 4.41. The highest BCUT2D eigenvalue weighted by molar-refractivity contribution is 7.92. The van der Waals surface area contributed by atoms with E-state index < -0.39 is 34.2 Å². The maximum atomic E-state index is 12.6. The Morgan fingerprint density at radius 1 is 1.29 bits per heavy atom. The van der Waals surface area contributed by atoms with Crippen molar-refractivity contribution < 1.29 is 23.4 Å². The lowest BCUT2D eigenvalue weighted by Gasteiger charge is -2.27. The summed E-state index contributed by atoms with van der Waals surface area (Å²) in [6.07, 6.45) is 3.65. The number of rotatable bonds is 12. The fraction of sp³-hybridized carbons (Fsp3) is 0.474. The smallest absolute Gasteiger partial charge is 0.271 e. The van der Waals surface area contributed by atoms with Crippen molar-refractivity contribution in [2.45, 2.75) is 50.4 Å². The number of aryl methyl sites for hydroxylation is 1. The molecule has 1 amide bonds. The average Bonchev–Trinajstić information content (AvgIpc) is 3.18. The SMILES string of the molecule is CS(=O)(=O)Nc1nc(C(=O)NC(CCc2ccncc2)C(O)C(O)CCCC#N)cs1. The molecule has 2 aromatic rings. The van der Waals surface area contributed by atoms with E-state index in [1.54, 1.807) is 12.4 Å². The number of pyridine rings is 1. The maximum Gasteiger partial charge on any atom is 0.271 e. The Labute approximate surface area is 185 Å². The van der Waals surface area contributed by atoms with E-state index in [0.717, 1.165) is 23.2 Å². The zero-order chi connectivity index (χ0) is 22.9. The van der Waals surface area contributed by atoms with Crippen molar-refractivity contribution in [3.05, 3.63) is 41.2 Å². The predicted molar refractivity (Wildman–Crippen MR) is 116 cm³/mol. The van der Waals surface area contributed by atoms with Gasteiger partial charge in [0.05, 0.1) is 24.5 Å². The number of nitriles is 1. The molecule has 0 bridgehead atoms. The normalized spacial score (nSPS) is 14.3. The third kappa shape index (κ3) is 8.58. The summed E-state index contributed by atoms with van der Waals surface area (Å²) in [7, 11) is -3.52. The lowest BCUT2D eigenvalue weighted by atomic mass is 9.95. The van der Waals surface area contributed by atoms with Crippen LogP contribution in [0.1, 0.15) is 41.7 Å². The number of aromatic nitrogens is 2. The first kappa shape index (κ1) is 24.7. The van der Waals surface area contributed by atoms with Crippen LogP contribution in [0.4, 0.5) is 5.13 Å². The molecule has 4 N–H and O–H groups in total. The number of aliphatic hydroxyl groups is 2. The van der Waals surface area contributed by atoms with Gasteiger partial charge in [-0.25, -0.2) is 13.4 Å². The molecule has 2 heterocycles. The lowest BCUT2D eigenvalue weighted by molar-refractivity contribution is -0.00956. The molecule has 0 aliphatic heterocycles. The van der Waals surface area contributed by atoms with Gasteiger partial charge >= 0.3 is 0 Å². The van der Waals surface area contributed by atoms with Crippen molar-refractivity contribution in [2.75, 3.05) is 11.0 Å². The van der Waals surface area contributed by atoms with Gasteiger partial charge in [-0.2, -0.15) is 5.26 Å². The first-order chi connectivity index (χ1) is 14.7. The zero-order valence-corrected chi connectivity index (χ0v) is 18.6. The van der Waals surface area contributed by atoms with E-state index in [2.05, 4.69) is 20.0 Å². The van der Waals surface area contributed by atoms with Crippen molar-refractivity contribution in [2.24, 2.45) is 0 Å². The van der Waals surface area contributed by atoms with Crippen LogP contribution in [0.3, 0.4) is 0 Å².